The number of anilines is 1. The normalized spacial score (nSPS) is 16.2. The number of thiophene rings is 1. The van der Waals surface area contributed by atoms with Gasteiger partial charge in [-0.15, -0.1) is 11.3 Å². The summed E-state index contributed by atoms with van der Waals surface area (Å²) in [5, 5.41) is 4.01. The molecule has 1 aromatic carbocycles. The molecule has 1 N–H and O–H groups in total. The van der Waals surface area contributed by atoms with Crippen LogP contribution < -0.4 is 5.32 Å². The fourth-order valence-corrected chi connectivity index (χ4v) is 4.79. The Kier molecular flexibility index (Phi) is 6.34. The van der Waals surface area contributed by atoms with Gasteiger partial charge in [-0.3, -0.25) is 4.79 Å². The van der Waals surface area contributed by atoms with Crippen LogP contribution in [0.1, 0.15) is 46.6 Å². The summed E-state index contributed by atoms with van der Waals surface area (Å²) >= 11 is 7.59. The molecule has 3 rings (SSSR count). The van der Waals surface area contributed by atoms with Crippen LogP contribution in [0.4, 0.5) is 5.00 Å². The molecule has 1 amide bonds. The number of hydrogen-bond donors (Lipinski definition) is 1. The molecule has 0 radical (unpaired) electrons. The van der Waals surface area contributed by atoms with E-state index in [1.54, 1.807) is 19.1 Å². The van der Waals surface area contributed by atoms with E-state index >= 15 is 0 Å². The molecule has 27 heavy (non-hydrogen) atoms. The van der Waals surface area contributed by atoms with Gasteiger partial charge in [-0.1, -0.05) is 36.7 Å². The topological polar surface area (TPSA) is 55.4 Å². The number of rotatable bonds is 5. The van der Waals surface area contributed by atoms with Crippen LogP contribution in [-0.2, 0) is 22.4 Å². The summed E-state index contributed by atoms with van der Waals surface area (Å²) < 4.78 is 5.23. The smallest absolute Gasteiger partial charge is 0.341 e. The fraction of sp³-hybridized carbons (Fsp3) is 0.333. The second-order valence-electron chi connectivity index (χ2n) is 6.62. The van der Waals surface area contributed by atoms with Gasteiger partial charge in [-0.2, -0.15) is 0 Å². The largest absolute Gasteiger partial charge is 0.462 e. The first-order valence-corrected chi connectivity index (χ1v) is 10.2. The third-order valence-corrected chi connectivity index (χ3v) is 6.06. The lowest BCUT2D eigenvalue weighted by Gasteiger charge is -2.18. The van der Waals surface area contributed by atoms with Crippen molar-refractivity contribution in [1.29, 1.82) is 0 Å². The van der Waals surface area contributed by atoms with Crippen LogP contribution in [0.5, 0.6) is 0 Å². The summed E-state index contributed by atoms with van der Waals surface area (Å²) in [6, 6.07) is 7.30. The van der Waals surface area contributed by atoms with Crippen LogP contribution in [0.3, 0.4) is 0 Å². The Bertz CT molecular complexity index is 888. The maximum Gasteiger partial charge on any atom is 0.341 e. The summed E-state index contributed by atoms with van der Waals surface area (Å²) in [5.41, 5.74) is 2.31. The quantitative estimate of drug-likeness (QED) is 0.540. The molecule has 6 heteroatoms. The van der Waals surface area contributed by atoms with Gasteiger partial charge >= 0.3 is 5.97 Å². The van der Waals surface area contributed by atoms with E-state index in [1.165, 1.54) is 22.3 Å². The van der Waals surface area contributed by atoms with E-state index in [0.717, 1.165) is 30.4 Å². The standard InChI is InChI=1S/C21H22ClNO3S/c1-3-26-21(25)19-15-10-8-13(2)12-17(15)27-20(19)23-18(24)11-9-14-6-4-5-7-16(14)22/h4-7,9,11,13H,3,8,10,12H2,1-2H3,(H,23,24)/b11-9+. The van der Waals surface area contributed by atoms with Crippen molar-refractivity contribution in [3.63, 3.8) is 0 Å². The summed E-state index contributed by atoms with van der Waals surface area (Å²) in [4.78, 5) is 26.1. The lowest BCUT2D eigenvalue weighted by molar-refractivity contribution is -0.111. The van der Waals surface area contributed by atoms with Crippen molar-refractivity contribution in [2.45, 2.75) is 33.1 Å². The van der Waals surface area contributed by atoms with Crippen molar-refractivity contribution in [3.05, 3.63) is 56.9 Å². The maximum absolute atomic E-state index is 12.5. The molecule has 2 aromatic rings. The molecule has 1 unspecified atom stereocenters. The Labute approximate surface area is 168 Å². The molecular weight excluding hydrogens is 382 g/mol. The number of fused-ring (bicyclic) bond motifs is 1. The number of halogens is 1. The molecule has 0 saturated heterocycles. The van der Waals surface area contributed by atoms with Crippen LogP contribution >= 0.6 is 22.9 Å². The zero-order valence-electron chi connectivity index (χ0n) is 15.4. The van der Waals surface area contributed by atoms with E-state index in [-0.39, 0.29) is 11.9 Å². The van der Waals surface area contributed by atoms with Crippen LogP contribution in [-0.4, -0.2) is 18.5 Å². The lowest BCUT2D eigenvalue weighted by Crippen LogP contribution is -2.15. The van der Waals surface area contributed by atoms with E-state index in [0.29, 0.717) is 28.1 Å². The number of benzene rings is 1. The number of nitrogens with one attached hydrogen (secondary N) is 1. The van der Waals surface area contributed by atoms with Gasteiger partial charge in [0, 0.05) is 16.0 Å². The Morgan fingerprint density at radius 1 is 1.37 bits per heavy atom. The van der Waals surface area contributed by atoms with E-state index in [2.05, 4.69) is 12.2 Å². The van der Waals surface area contributed by atoms with Gasteiger partial charge in [-0.05, 0) is 55.4 Å². The Hall–Kier alpha value is -2.11. The fourth-order valence-electron chi connectivity index (χ4n) is 3.19. The average Bonchev–Trinajstić information content (AvgIpc) is 2.98. The second-order valence-corrected chi connectivity index (χ2v) is 8.13. The molecule has 1 aliphatic rings. The lowest BCUT2D eigenvalue weighted by atomic mass is 9.88. The summed E-state index contributed by atoms with van der Waals surface area (Å²) in [6.07, 6.45) is 5.90. The third kappa shape index (κ3) is 4.60. The first-order chi connectivity index (χ1) is 13.0. The molecular formula is C21H22ClNO3S. The van der Waals surface area contributed by atoms with E-state index < -0.39 is 0 Å². The molecule has 0 bridgehead atoms. The molecule has 1 aliphatic carbocycles. The maximum atomic E-state index is 12.5. The van der Waals surface area contributed by atoms with Gasteiger partial charge in [-0.25, -0.2) is 4.79 Å². The van der Waals surface area contributed by atoms with Gasteiger partial charge in [0.05, 0.1) is 12.2 Å². The van der Waals surface area contributed by atoms with Gasteiger partial charge in [0.15, 0.2) is 0 Å². The van der Waals surface area contributed by atoms with Crippen molar-refractivity contribution in [2.24, 2.45) is 5.92 Å². The summed E-state index contributed by atoms with van der Waals surface area (Å²) in [5.74, 6) is -0.0862. The minimum atomic E-state index is -0.366. The van der Waals surface area contributed by atoms with Crippen molar-refractivity contribution in [2.75, 3.05) is 11.9 Å². The van der Waals surface area contributed by atoms with E-state index in [1.807, 2.05) is 18.2 Å². The highest BCUT2D eigenvalue weighted by atomic mass is 35.5. The first kappa shape index (κ1) is 19.6. The highest BCUT2D eigenvalue weighted by Gasteiger charge is 2.28. The predicted molar refractivity (Wildman–Crippen MR) is 111 cm³/mol. The van der Waals surface area contributed by atoms with E-state index in [9.17, 15) is 9.59 Å². The number of hydrogen-bond acceptors (Lipinski definition) is 4. The minimum Gasteiger partial charge on any atom is -0.462 e. The third-order valence-electron chi connectivity index (χ3n) is 4.55. The Balaban J connectivity index is 1.84. The van der Waals surface area contributed by atoms with Gasteiger partial charge < -0.3 is 10.1 Å². The number of carbonyl (C=O) groups is 2. The number of amides is 1. The van der Waals surface area contributed by atoms with Crippen molar-refractivity contribution in [3.8, 4) is 0 Å². The average molecular weight is 404 g/mol. The van der Waals surface area contributed by atoms with Crippen molar-refractivity contribution >= 4 is 45.9 Å². The van der Waals surface area contributed by atoms with E-state index in [4.69, 9.17) is 16.3 Å². The van der Waals surface area contributed by atoms with Crippen LogP contribution in [0, 0.1) is 5.92 Å². The molecule has 0 saturated carbocycles. The summed E-state index contributed by atoms with van der Waals surface area (Å²) in [6.45, 7) is 4.29. The molecule has 142 valence electrons. The van der Waals surface area contributed by atoms with Gasteiger partial charge in [0.1, 0.15) is 5.00 Å². The monoisotopic (exact) mass is 403 g/mol. The molecule has 1 atom stereocenters. The number of carbonyl (C=O) groups excluding carboxylic acids is 2. The Morgan fingerprint density at radius 2 is 2.15 bits per heavy atom. The zero-order valence-corrected chi connectivity index (χ0v) is 17.0. The SMILES string of the molecule is CCOC(=O)c1c(NC(=O)/C=C/c2ccccc2Cl)sc2c1CCC(C)C2. The number of esters is 1. The van der Waals surface area contributed by atoms with Crippen molar-refractivity contribution in [1.82, 2.24) is 0 Å². The second kappa shape index (κ2) is 8.72. The van der Waals surface area contributed by atoms with Crippen molar-refractivity contribution < 1.29 is 14.3 Å². The van der Waals surface area contributed by atoms with Crippen LogP contribution in [0.2, 0.25) is 5.02 Å². The first-order valence-electron chi connectivity index (χ1n) is 9.04. The zero-order chi connectivity index (χ0) is 19.4. The minimum absolute atomic E-state index is 0.299. The van der Waals surface area contributed by atoms with Gasteiger partial charge in [0.2, 0.25) is 5.91 Å². The highest BCUT2D eigenvalue weighted by molar-refractivity contribution is 7.17. The molecule has 1 aromatic heterocycles. The predicted octanol–water partition coefficient (Wildman–Crippen LogP) is 5.35. The van der Waals surface area contributed by atoms with Gasteiger partial charge in [0.25, 0.3) is 0 Å². The molecule has 4 nitrogen and oxygen atoms in total. The molecule has 0 spiro atoms. The molecule has 1 heterocycles. The Morgan fingerprint density at radius 3 is 2.89 bits per heavy atom. The molecule has 0 fully saturated rings. The summed E-state index contributed by atoms with van der Waals surface area (Å²) in [7, 11) is 0. The molecule has 0 aliphatic heterocycles. The number of ether oxygens (including phenoxy) is 1. The highest BCUT2D eigenvalue weighted by Crippen LogP contribution is 2.40. The van der Waals surface area contributed by atoms with Crippen LogP contribution in [0.15, 0.2) is 30.3 Å². The van der Waals surface area contributed by atoms with Crippen LogP contribution in [0.25, 0.3) is 6.08 Å².